The molecule has 26 heavy (non-hydrogen) atoms. The van der Waals surface area contributed by atoms with Crippen molar-refractivity contribution in [3.8, 4) is 5.69 Å². The number of carbonyl (C=O) groups excluding carboxylic acids is 1. The van der Waals surface area contributed by atoms with E-state index >= 15 is 0 Å². The fraction of sp³-hybridized carbons (Fsp3) is 0.238. The first kappa shape index (κ1) is 16.5. The number of nitrogens with one attached hydrogen (secondary N) is 1. The lowest BCUT2D eigenvalue weighted by molar-refractivity contribution is 0.102. The summed E-state index contributed by atoms with van der Waals surface area (Å²) < 4.78 is 1.93. The van der Waals surface area contributed by atoms with Gasteiger partial charge in [0.25, 0.3) is 5.91 Å². The van der Waals surface area contributed by atoms with E-state index in [-0.39, 0.29) is 12.5 Å². The zero-order valence-corrected chi connectivity index (χ0v) is 14.7. The molecule has 1 aliphatic carbocycles. The second-order valence-electron chi connectivity index (χ2n) is 6.64. The summed E-state index contributed by atoms with van der Waals surface area (Å²) in [4.78, 5) is 12.9. The van der Waals surface area contributed by atoms with Crippen LogP contribution in [0, 0.1) is 6.92 Å². The van der Waals surface area contributed by atoms with E-state index in [9.17, 15) is 9.90 Å². The lowest BCUT2D eigenvalue weighted by atomic mass is 10.1. The van der Waals surface area contributed by atoms with Gasteiger partial charge in [0.15, 0.2) is 5.69 Å². The highest BCUT2D eigenvalue weighted by atomic mass is 16.3. The van der Waals surface area contributed by atoms with Gasteiger partial charge in [-0.25, -0.2) is 4.68 Å². The molecule has 0 saturated carbocycles. The van der Waals surface area contributed by atoms with Crippen molar-refractivity contribution in [2.75, 3.05) is 5.32 Å². The number of benzene rings is 2. The normalized spacial score (nSPS) is 12.8. The lowest BCUT2D eigenvalue weighted by Crippen LogP contribution is -2.15. The third-order valence-electron chi connectivity index (χ3n) is 4.86. The summed E-state index contributed by atoms with van der Waals surface area (Å²) >= 11 is 0. The Balaban J connectivity index is 1.70. The molecule has 2 aromatic carbocycles. The third kappa shape index (κ3) is 2.91. The minimum absolute atomic E-state index is 0.0545. The van der Waals surface area contributed by atoms with E-state index in [1.165, 1.54) is 0 Å². The Morgan fingerprint density at radius 1 is 1.19 bits per heavy atom. The number of hydrogen-bond acceptors (Lipinski definition) is 3. The fourth-order valence-electron chi connectivity index (χ4n) is 3.56. The van der Waals surface area contributed by atoms with Crippen molar-refractivity contribution in [1.29, 1.82) is 0 Å². The molecular formula is C21H21N3O2. The number of rotatable bonds is 4. The van der Waals surface area contributed by atoms with Gasteiger partial charge in [-0.2, -0.15) is 5.10 Å². The highest BCUT2D eigenvalue weighted by Crippen LogP contribution is 2.29. The first-order valence-electron chi connectivity index (χ1n) is 8.85. The van der Waals surface area contributed by atoms with Crippen LogP contribution in [0.5, 0.6) is 0 Å². The fourth-order valence-corrected chi connectivity index (χ4v) is 3.56. The van der Waals surface area contributed by atoms with E-state index in [0.717, 1.165) is 47.3 Å². The summed E-state index contributed by atoms with van der Waals surface area (Å²) in [5.41, 5.74) is 6.25. The Morgan fingerprint density at radius 3 is 2.85 bits per heavy atom. The molecule has 5 nitrogen and oxygen atoms in total. The van der Waals surface area contributed by atoms with Crippen molar-refractivity contribution in [3.05, 3.63) is 76.6 Å². The number of aryl methyl sites for hydroxylation is 1. The number of para-hydroxylation sites is 1. The minimum atomic E-state index is -0.203. The average Bonchev–Trinajstić information content (AvgIpc) is 3.25. The number of fused-ring (bicyclic) bond motifs is 1. The Kier molecular flexibility index (Phi) is 4.31. The van der Waals surface area contributed by atoms with Gasteiger partial charge in [0, 0.05) is 16.9 Å². The van der Waals surface area contributed by atoms with Crippen LogP contribution in [-0.4, -0.2) is 20.8 Å². The summed E-state index contributed by atoms with van der Waals surface area (Å²) in [6.07, 6.45) is 2.85. The van der Waals surface area contributed by atoms with Crippen molar-refractivity contribution in [2.24, 2.45) is 0 Å². The number of carbonyl (C=O) groups is 1. The quantitative estimate of drug-likeness (QED) is 0.760. The summed E-state index contributed by atoms with van der Waals surface area (Å²) in [6.45, 7) is 2.00. The van der Waals surface area contributed by atoms with E-state index < -0.39 is 0 Å². The van der Waals surface area contributed by atoms with Crippen LogP contribution in [-0.2, 0) is 19.4 Å². The molecule has 2 N–H and O–H groups in total. The molecule has 132 valence electrons. The highest BCUT2D eigenvalue weighted by molar-refractivity contribution is 6.04. The van der Waals surface area contributed by atoms with Gasteiger partial charge in [-0.05, 0) is 55.5 Å². The van der Waals surface area contributed by atoms with Crippen LogP contribution in [0.1, 0.15) is 39.3 Å². The van der Waals surface area contributed by atoms with Crippen LogP contribution in [0.4, 0.5) is 5.69 Å². The van der Waals surface area contributed by atoms with Crippen molar-refractivity contribution < 1.29 is 9.90 Å². The van der Waals surface area contributed by atoms with Crippen LogP contribution in [0.25, 0.3) is 5.69 Å². The van der Waals surface area contributed by atoms with E-state index in [1.807, 2.05) is 41.1 Å². The zero-order chi connectivity index (χ0) is 18.1. The van der Waals surface area contributed by atoms with Crippen molar-refractivity contribution >= 4 is 11.6 Å². The van der Waals surface area contributed by atoms with E-state index in [2.05, 4.69) is 23.4 Å². The van der Waals surface area contributed by atoms with E-state index in [1.54, 1.807) is 6.07 Å². The van der Waals surface area contributed by atoms with Gasteiger partial charge in [0.05, 0.1) is 12.3 Å². The number of aliphatic hydroxyl groups excluding tert-OH is 1. The topological polar surface area (TPSA) is 67.2 Å². The maximum atomic E-state index is 12.9. The minimum Gasteiger partial charge on any atom is -0.392 e. The molecule has 0 aliphatic heterocycles. The molecule has 0 fully saturated rings. The smallest absolute Gasteiger partial charge is 0.276 e. The molecule has 1 amide bonds. The SMILES string of the molecule is Cc1ccccc1-n1nc(C(=O)Nc2cccc(CO)c2)c2c1CCC2. The maximum Gasteiger partial charge on any atom is 0.276 e. The Morgan fingerprint density at radius 2 is 2.04 bits per heavy atom. The van der Waals surface area contributed by atoms with E-state index in [0.29, 0.717) is 11.4 Å². The Hall–Kier alpha value is -2.92. The first-order valence-corrected chi connectivity index (χ1v) is 8.85. The monoisotopic (exact) mass is 347 g/mol. The van der Waals surface area contributed by atoms with Gasteiger partial charge >= 0.3 is 0 Å². The molecule has 1 aromatic heterocycles. The predicted molar refractivity (Wildman–Crippen MR) is 101 cm³/mol. The molecule has 3 aromatic rings. The number of anilines is 1. The van der Waals surface area contributed by atoms with Crippen LogP contribution in [0.2, 0.25) is 0 Å². The molecule has 0 saturated heterocycles. The van der Waals surface area contributed by atoms with E-state index in [4.69, 9.17) is 0 Å². The van der Waals surface area contributed by atoms with Gasteiger partial charge in [-0.3, -0.25) is 4.79 Å². The van der Waals surface area contributed by atoms with Gasteiger partial charge < -0.3 is 10.4 Å². The lowest BCUT2D eigenvalue weighted by Gasteiger charge is -2.08. The molecule has 0 atom stereocenters. The summed E-state index contributed by atoms with van der Waals surface area (Å²) in [7, 11) is 0. The molecule has 1 heterocycles. The molecule has 0 unspecified atom stereocenters. The molecule has 1 aliphatic rings. The summed E-state index contributed by atoms with van der Waals surface area (Å²) in [5.74, 6) is -0.203. The molecule has 0 bridgehead atoms. The second-order valence-corrected chi connectivity index (χ2v) is 6.64. The van der Waals surface area contributed by atoms with Crippen LogP contribution < -0.4 is 5.32 Å². The number of hydrogen-bond donors (Lipinski definition) is 2. The number of amides is 1. The van der Waals surface area contributed by atoms with Crippen molar-refractivity contribution in [2.45, 2.75) is 32.8 Å². The molecule has 0 spiro atoms. The molecular weight excluding hydrogens is 326 g/mol. The standard InChI is InChI=1S/C21H21N3O2/c1-14-6-2-3-10-18(14)24-19-11-5-9-17(19)20(23-24)21(26)22-16-8-4-7-15(12-16)13-25/h2-4,6-8,10,12,25H,5,9,11,13H2,1H3,(H,22,26). The largest absolute Gasteiger partial charge is 0.392 e. The van der Waals surface area contributed by atoms with Crippen LogP contribution in [0.15, 0.2) is 48.5 Å². The van der Waals surface area contributed by atoms with Crippen LogP contribution >= 0.6 is 0 Å². The van der Waals surface area contributed by atoms with Gasteiger partial charge in [-0.1, -0.05) is 30.3 Å². The second kappa shape index (κ2) is 6.77. The Labute approximate surface area is 152 Å². The molecule has 0 radical (unpaired) electrons. The summed E-state index contributed by atoms with van der Waals surface area (Å²) in [6, 6.07) is 15.3. The predicted octanol–water partition coefficient (Wildman–Crippen LogP) is 3.41. The number of aliphatic hydroxyl groups is 1. The van der Waals surface area contributed by atoms with Crippen LogP contribution in [0.3, 0.4) is 0 Å². The zero-order valence-electron chi connectivity index (χ0n) is 14.7. The van der Waals surface area contributed by atoms with Crippen molar-refractivity contribution in [3.63, 3.8) is 0 Å². The Bertz CT molecular complexity index is 975. The van der Waals surface area contributed by atoms with Gasteiger partial charge in [0.1, 0.15) is 0 Å². The number of nitrogens with zero attached hydrogens (tertiary/aromatic N) is 2. The molecule has 5 heteroatoms. The average molecular weight is 347 g/mol. The van der Waals surface area contributed by atoms with Crippen molar-refractivity contribution in [1.82, 2.24) is 9.78 Å². The van der Waals surface area contributed by atoms with Gasteiger partial charge in [-0.15, -0.1) is 0 Å². The third-order valence-corrected chi connectivity index (χ3v) is 4.86. The molecule has 4 rings (SSSR count). The maximum absolute atomic E-state index is 12.9. The first-order chi connectivity index (χ1) is 12.7. The highest BCUT2D eigenvalue weighted by Gasteiger charge is 2.27. The summed E-state index contributed by atoms with van der Waals surface area (Å²) in [5, 5.41) is 16.8. The number of aromatic nitrogens is 2. The van der Waals surface area contributed by atoms with Gasteiger partial charge in [0.2, 0.25) is 0 Å².